The van der Waals surface area contributed by atoms with Crippen LogP contribution < -0.4 is 0 Å². The molecule has 0 atom stereocenters. The molecule has 0 fully saturated rings. The number of hydrogen-bond donors (Lipinski definition) is 0. The van der Waals surface area contributed by atoms with Crippen molar-refractivity contribution in [3.63, 3.8) is 0 Å². The van der Waals surface area contributed by atoms with Gasteiger partial charge in [-0.05, 0) is 40.1 Å². The summed E-state index contributed by atoms with van der Waals surface area (Å²) in [5.41, 5.74) is 7.01. The molecule has 108 valence electrons. The highest BCUT2D eigenvalue weighted by Crippen LogP contribution is 2.24. The Kier molecular flexibility index (Phi) is 3.87. The quantitative estimate of drug-likeness (QED) is 0.397. The minimum Gasteiger partial charge on any atom is -0.127 e. The fourth-order valence-electron chi connectivity index (χ4n) is 2.37. The lowest BCUT2D eigenvalue weighted by Gasteiger charge is -2.05. The lowest BCUT2D eigenvalue weighted by Crippen LogP contribution is -2.16. The van der Waals surface area contributed by atoms with Crippen LogP contribution in [0.2, 0.25) is 19.6 Å². The van der Waals surface area contributed by atoms with Gasteiger partial charge in [-0.1, -0.05) is 74.1 Å². The fraction of sp³-hybridized carbons (Fsp3) is 0.143. The Hall–Kier alpha value is -2.30. The molecule has 0 N–H and O–H groups in total. The van der Waals surface area contributed by atoms with Gasteiger partial charge in [-0.3, -0.25) is 0 Å². The molecule has 1 heteroatoms. The zero-order valence-corrected chi connectivity index (χ0v) is 14.4. The van der Waals surface area contributed by atoms with Crippen LogP contribution in [0.25, 0.3) is 21.9 Å². The zero-order valence-electron chi connectivity index (χ0n) is 13.4. The Morgan fingerprint density at radius 1 is 0.682 bits per heavy atom. The molecular weight excluding hydrogens is 280 g/mol. The van der Waals surface area contributed by atoms with Crippen molar-refractivity contribution >= 4 is 18.8 Å². The van der Waals surface area contributed by atoms with Crippen LogP contribution in [-0.4, -0.2) is 8.07 Å². The minimum atomic E-state index is -1.31. The molecule has 0 aliphatic heterocycles. The second-order valence-corrected chi connectivity index (χ2v) is 11.4. The molecule has 3 aromatic carbocycles. The molecular formula is C21H20Si. The molecule has 0 bridgehead atoms. The standard InChI is InChI=1S/C21H20Si/c1-22(2,3)15-14-17-8-10-19(11-9-17)21-13-12-18-6-4-5-7-20(18)16-21/h4-13,16H,1-3H3. The van der Waals surface area contributed by atoms with Gasteiger partial charge in [0, 0.05) is 5.56 Å². The number of fused-ring (bicyclic) bond motifs is 1. The molecule has 3 aromatic rings. The summed E-state index contributed by atoms with van der Waals surface area (Å²) in [4.78, 5) is 0. The van der Waals surface area contributed by atoms with Crippen LogP contribution in [0.1, 0.15) is 5.56 Å². The monoisotopic (exact) mass is 300 g/mol. The van der Waals surface area contributed by atoms with E-state index < -0.39 is 8.07 Å². The van der Waals surface area contributed by atoms with E-state index in [0.29, 0.717) is 0 Å². The first-order chi connectivity index (χ1) is 10.5. The third kappa shape index (κ3) is 3.47. The summed E-state index contributed by atoms with van der Waals surface area (Å²) in [6.07, 6.45) is 0. The molecule has 0 amide bonds. The van der Waals surface area contributed by atoms with Crippen LogP contribution in [0.4, 0.5) is 0 Å². The van der Waals surface area contributed by atoms with E-state index in [2.05, 4.69) is 97.8 Å². The predicted octanol–water partition coefficient (Wildman–Crippen LogP) is 5.74. The average molecular weight is 300 g/mol. The third-order valence-corrected chi connectivity index (χ3v) is 4.42. The topological polar surface area (TPSA) is 0 Å². The molecule has 0 saturated heterocycles. The van der Waals surface area contributed by atoms with Crippen molar-refractivity contribution in [2.75, 3.05) is 0 Å². The average Bonchev–Trinajstić information content (AvgIpc) is 2.52. The van der Waals surface area contributed by atoms with E-state index in [0.717, 1.165) is 5.56 Å². The summed E-state index contributed by atoms with van der Waals surface area (Å²) in [6, 6.07) is 23.7. The van der Waals surface area contributed by atoms with Crippen LogP contribution in [0.5, 0.6) is 0 Å². The maximum absolute atomic E-state index is 3.41. The van der Waals surface area contributed by atoms with Gasteiger partial charge in [0.2, 0.25) is 0 Å². The van der Waals surface area contributed by atoms with Crippen LogP contribution in [-0.2, 0) is 0 Å². The lowest BCUT2D eigenvalue weighted by atomic mass is 10.0. The Morgan fingerprint density at radius 3 is 2.00 bits per heavy atom. The highest BCUT2D eigenvalue weighted by atomic mass is 28.3. The normalized spacial score (nSPS) is 11.0. The van der Waals surface area contributed by atoms with Gasteiger partial charge in [0.1, 0.15) is 8.07 Å². The number of hydrogen-bond acceptors (Lipinski definition) is 0. The molecule has 0 spiro atoms. The van der Waals surface area contributed by atoms with Gasteiger partial charge in [0.05, 0.1) is 0 Å². The van der Waals surface area contributed by atoms with Gasteiger partial charge in [-0.25, -0.2) is 0 Å². The highest BCUT2D eigenvalue weighted by Gasteiger charge is 2.07. The Labute approximate surface area is 133 Å². The van der Waals surface area contributed by atoms with Crippen molar-refractivity contribution in [2.45, 2.75) is 19.6 Å². The van der Waals surface area contributed by atoms with Gasteiger partial charge < -0.3 is 0 Å². The smallest absolute Gasteiger partial charge is 0.127 e. The Balaban J connectivity index is 1.92. The van der Waals surface area contributed by atoms with Gasteiger partial charge in [-0.2, -0.15) is 0 Å². The molecule has 0 saturated carbocycles. The Morgan fingerprint density at radius 2 is 1.32 bits per heavy atom. The summed E-state index contributed by atoms with van der Waals surface area (Å²) in [5.74, 6) is 3.30. The van der Waals surface area contributed by atoms with E-state index in [1.54, 1.807) is 0 Å². The largest absolute Gasteiger partial charge is 0.129 e. The minimum absolute atomic E-state index is 1.10. The van der Waals surface area contributed by atoms with Crippen molar-refractivity contribution in [2.24, 2.45) is 0 Å². The van der Waals surface area contributed by atoms with E-state index in [9.17, 15) is 0 Å². The Bertz CT molecular complexity index is 856. The van der Waals surface area contributed by atoms with Crippen molar-refractivity contribution in [3.8, 4) is 22.6 Å². The first kappa shape index (κ1) is 14.6. The van der Waals surface area contributed by atoms with Crippen molar-refractivity contribution in [3.05, 3.63) is 72.3 Å². The van der Waals surface area contributed by atoms with E-state index >= 15 is 0 Å². The molecule has 22 heavy (non-hydrogen) atoms. The van der Waals surface area contributed by atoms with Gasteiger partial charge in [-0.15, -0.1) is 5.54 Å². The molecule has 0 aromatic heterocycles. The predicted molar refractivity (Wildman–Crippen MR) is 99.6 cm³/mol. The summed E-state index contributed by atoms with van der Waals surface area (Å²) < 4.78 is 0. The van der Waals surface area contributed by atoms with Gasteiger partial charge >= 0.3 is 0 Å². The van der Waals surface area contributed by atoms with E-state index in [1.165, 1.54) is 21.9 Å². The van der Waals surface area contributed by atoms with Crippen LogP contribution in [0.3, 0.4) is 0 Å². The highest BCUT2D eigenvalue weighted by molar-refractivity contribution is 6.83. The van der Waals surface area contributed by atoms with E-state index in [-0.39, 0.29) is 0 Å². The first-order valence-corrected chi connectivity index (χ1v) is 11.1. The summed E-state index contributed by atoms with van der Waals surface area (Å²) in [5, 5.41) is 2.56. The molecule has 0 aliphatic rings. The van der Waals surface area contributed by atoms with E-state index in [1.807, 2.05) is 0 Å². The molecule has 0 nitrogen and oxygen atoms in total. The SMILES string of the molecule is C[Si](C)(C)C#Cc1ccc(-c2ccc3ccccc3c2)cc1. The van der Waals surface area contributed by atoms with Crippen molar-refractivity contribution < 1.29 is 0 Å². The third-order valence-electron chi connectivity index (χ3n) is 3.55. The van der Waals surface area contributed by atoms with E-state index in [4.69, 9.17) is 0 Å². The van der Waals surface area contributed by atoms with Gasteiger partial charge in [0.25, 0.3) is 0 Å². The van der Waals surface area contributed by atoms with Crippen LogP contribution in [0.15, 0.2) is 66.7 Å². The maximum Gasteiger partial charge on any atom is 0.129 e. The van der Waals surface area contributed by atoms with Crippen molar-refractivity contribution in [1.29, 1.82) is 0 Å². The van der Waals surface area contributed by atoms with Crippen LogP contribution in [0, 0.1) is 11.5 Å². The summed E-state index contributed by atoms with van der Waals surface area (Å²) in [7, 11) is -1.31. The fourth-order valence-corrected chi connectivity index (χ4v) is 2.89. The number of benzene rings is 3. The maximum atomic E-state index is 3.41. The molecule has 0 aliphatic carbocycles. The summed E-state index contributed by atoms with van der Waals surface area (Å²) in [6.45, 7) is 6.80. The molecule has 0 heterocycles. The lowest BCUT2D eigenvalue weighted by molar-refractivity contribution is 1.61. The second kappa shape index (κ2) is 5.83. The molecule has 3 rings (SSSR count). The zero-order chi connectivity index (χ0) is 15.6. The number of rotatable bonds is 1. The van der Waals surface area contributed by atoms with Crippen LogP contribution >= 0.6 is 0 Å². The van der Waals surface area contributed by atoms with Crippen molar-refractivity contribution in [1.82, 2.24) is 0 Å². The van der Waals surface area contributed by atoms with Gasteiger partial charge in [0.15, 0.2) is 0 Å². The molecule has 0 unspecified atom stereocenters. The summed E-state index contributed by atoms with van der Waals surface area (Å²) >= 11 is 0. The second-order valence-electron chi connectivity index (χ2n) is 6.64. The molecule has 0 radical (unpaired) electrons. The first-order valence-electron chi connectivity index (χ1n) is 7.64.